The SMILES string of the molecule is COc1cc([C@@H]2c3c(oc4ccccc4c3=O)C(=O)N2C)cc(OC)c1OC. The van der Waals surface area contributed by atoms with E-state index in [0.717, 1.165) is 0 Å². The van der Waals surface area contributed by atoms with Gasteiger partial charge in [0.25, 0.3) is 5.91 Å². The number of carbonyl (C=O) groups is 1. The Bertz CT molecular complexity index is 1120. The van der Waals surface area contributed by atoms with E-state index in [9.17, 15) is 9.59 Å². The standard InChI is InChI=1S/C21H19NO6/c1-22-17(11-9-14(25-2)19(27-4)15(10-11)26-3)16-18(23)12-7-5-6-8-13(12)28-20(16)21(22)24/h5-10,17H,1-4H3/t17-/m1/s1. The molecule has 1 aliphatic heterocycles. The number of para-hydroxylation sites is 1. The largest absolute Gasteiger partial charge is 0.493 e. The zero-order chi connectivity index (χ0) is 20.0. The van der Waals surface area contributed by atoms with Crippen molar-refractivity contribution in [1.82, 2.24) is 4.90 Å². The summed E-state index contributed by atoms with van der Waals surface area (Å²) in [4.78, 5) is 27.5. The molecule has 7 heteroatoms. The maximum Gasteiger partial charge on any atom is 0.290 e. The molecular weight excluding hydrogens is 362 g/mol. The molecule has 144 valence electrons. The van der Waals surface area contributed by atoms with Crippen molar-refractivity contribution in [2.75, 3.05) is 28.4 Å². The third kappa shape index (κ3) is 2.43. The summed E-state index contributed by atoms with van der Waals surface area (Å²) in [5, 5.41) is 0.432. The summed E-state index contributed by atoms with van der Waals surface area (Å²) < 4.78 is 22.0. The lowest BCUT2D eigenvalue weighted by Gasteiger charge is -2.22. The second-order valence-corrected chi connectivity index (χ2v) is 6.45. The molecule has 4 rings (SSSR count). The van der Waals surface area contributed by atoms with Gasteiger partial charge in [0.2, 0.25) is 11.5 Å². The molecular formula is C21H19NO6. The normalized spacial score (nSPS) is 15.6. The van der Waals surface area contributed by atoms with Crippen LogP contribution in [0.4, 0.5) is 0 Å². The molecule has 0 aliphatic carbocycles. The maximum atomic E-state index is 13.2. The molecule has 1 amide bonds. The molecule has 0 N–H and O–H groups in total. The van der Waals surface area contributed by atoms with Crippen LogP contribution in [0.25, 0.3) is 11.0 Å². The first-order valence-corrected chi connectivity index (χ1v) is 8.64. The molecule has 0 saturated carbocycles. The number of hydrogen-bond acceptors (Lipinski definition) is 6. The van der Waals surface area contributed by atoms with Gasteiger partial charge in [0, 0.05) is 7.05 Å². The van der Waals surface area contributed by atoms with Gasteiger partial charge in [-0.15, -0.1) is 0 Å². The Labute approximate surface area is 161 Å². The van der Waals surface area contributed by atoms with Crippen LogP contribution in [-0.2, 0) is 0 Å². The molecule has 1 aromatic heterocycles. The van der Waals surface area contributed by atoms with Crippen molar-refractivity contribution in [3.8, 4) is 17.2 Å². The number of methoxy groups -OCH3 is 3. The smallest absolute Gasteiger partial charge is 0.290 e. The van der Waals surface area contributed by atoms with Crippen molar-refractivity contribution < 1.29 is 23.4 Å². The fourth-order valence-corrected chi connectivity index (χ4v) is 3.68. The van der Waals surface area contributed by atoms with E-state index >= 15 is 0 Å². The molecule has 7 nitrogen and oxygen atoms in total. The summed E-state index contributed by atoms with van der Waals surface area (Å²) in [6, 6.07) is 9.74. The van der Waals surface area contributed by atoms with Gasteiger partial charge >= 0.3 is 0 Å². The molecule has 1 atom stereocenters. The quantitative estimate of drug-likeness (QED) is 0.691. The van der Waals surface area contributed by atoms with E-state index in [0.29, 0.717) is 39.3 Å². The topological polar surface area (TPSA) is 78.2 Å². The first kappa shape index (κ1) is 17.9. The second kappa shape index (κ2) is 6.60. The van der Waals surface area contributed by atoms with Crippen LogP contribution in [0.1, 0.15) is 27.7 Å². The van der Waals surface area contributed by atoms with E-state index in [-0.39, 0.29) is 17.1 Å². The Hall–Kier alpha value is -3.48. The molecule has 1 aliphatic rings. The lowest BCUT2D eigenvalue weighted by molar-refractivity contribution is 0.0771. The summed E-state index contributed by atoms with van der Waals surface area (Å²) in [5.41, 5.74) is 1.12. The zero-order valence-electron chi connectivity index (χ0n) is 15.9. The van der Waals surface area contributed by atoms with Crippen molar-refractivity contribution in [1.29, 1.82) is 0 Å². The van der Waals surface area contributed by atoms with Gasteiger partial charge in [-0.3, -0.25) is 9.59 Å². The van der Waals surface area contributed by atoms with Crippen molar-refractivity contribution >= 4 is 16.9 Å². The first-order chi connectivity index (χ1) is 13.5. The molecule has 2 aromatic carbocycles. The average molecular weight is 381 g/mol. The molecule has 0 saturated heterocycles. The van der Waals surface area contributed by atoms with Crippen LogP contribution in [0, 0.1) is 0 Å². The molecule has 0 unspecified atom stereocenters. The molecule has 2 heterocycles. The average Bonchev–Trinajstić information content (AvgIpc) is 2.98. The van der Waals surface area contributed by atoms with E-state index in [2.05, 4.69) is 0 Å². The molecule has 0 fully saturated rings. The molecule has 0 bridgehead atoms. The van der Waals surface area contributed by atoms with Crippen molar-refractivity contribution in [2.24, 2.45) is 0 Å². The third-order valence-corrected chi connectivity index (χ3v) is 5.01. The van der Waals surface area contributed by atoms with Gasteiger partial charge in [-0.25, -0.2) is 0 Å². The minimum atomic E-state index is -0.628. The lowest BCUT2D eigenvalue weighted by atomic mass is 9.98. The summed E-state index contributed by atoms with van der Waals surface area (Å²) in [5.74, 6) is 1.03. The van der Waals surface area contributed by atoms with Crippen LogP contribution >= 0.6 is 0 Å². The Balaban J connectivity index is 2.00. The van der Waals surface area contributed by atoms with E-state index in [1.165, 1.54) is 26.2 Å². The Kier molecular flexibility index (Phi) is 4.22. The van der Waals surface area contributed by atoms with Crippen LogP contribution < -0.4 is 19.6 Å². The molecule has 0 radical (unpaired) electrons. The highest BCUT2D eigenvalue weighted by molar-refractivity contribution is 5.98. The second-order valence-electron chi connectivity index (χ2n) is 6.45. The molecule has 28 heavy (non-hydrogen) atoms. The summed E-state index contributed by atoms with van der Waals surface area (Å²) in [7, 11) is 6.18. The van der Waals surface area contributed by atoms with E-state index in [1.807, 2.05) is 0 Å². The number of amides is 1. The van der Waals surface area contributed by atoms with Crippen molar-refractivity contribution in [2.45, 2.75) is 6.04 Å². The highest BCUT2D eigenvalue weighted by Crippen LogP contribution is 2.44. The van der Waals surface area contributed by atoms with Crippen LogP contribution in [0.2, 0.25) is 0 Å². The fourth-order valence-electron chi connectivity index (χ4n) is 3.68. The Morgan fingerprint density at radius 1 is 0.964 bits per heavy atom. The van der Waals surface area contributed by atoms with Crippen LogP contribution in [0.15, 0.2) is 45.6 Å². The maximum absolute atomic E-state index is 13.2. The van der Waals surface area contributed by atoms with Gasteiger partial charge in [-0.05, 0) is 29.8 Å². The molecule has 3 aromatic rings. The van der Waals surface area contributed by atoms with Gasteiger partial charge in [0.05, 0.1) is 38.3 Å². The number of fused-ring (bicyclic) bond motifs is 2. The summed E-state index contributed by atoms with van der Waals surface area (Å²) in [6.45, 7) is 0. The Morgan fingerprint density at radius 3 is 2.21 bits per heavy atom. The number of nitrogens with zero attached hydrogens (tertiary/aromatic N) is 1. The monoisotopic (exact) mass is 381 g/mol. The van der Waals surface area contributed by atoms with Gasteiger partial charge in [-0.1, -0.05) is 12.1 Å². The predicted molar refractivity (Wildman–Crippen MR) is 103 cm³/mol. The van der Waals surface area contributed by atoms with Crippen LogP contribution in [0.3, 0.4) is 0 Å². The molecule has 0 spiro atoms. The highest BCUT2D eigenvalue weighted by atomic mass is 16.5. The first-order valence-electron chi connectivity index (χ1n) is 8.64. The van der Waals surface area contributed by atoms with Gasteiger partial charge < -0.3 is 23.5 Å². The van der Waals surface area contributed by atoms with Crippen molar-refractivity contribution in [3.05, 3.63) is 63.5 Å². The third-order valence-electron chi connectivity index (χ3n) is 5.01. The predicted octanol–water partition coefficient (Wildman–Crippen LogP) is 2.99. The zero-order valence-corrected chi connectivity index (χ0v) is 15.9. The van der Waals surface area contributed by atoms with Gasteiger partial charge in [0.15, 0.2) is 16.9 Å². The lowest BCUT2D eigenvalue weighted by Crippen LogP contribution is -2.25. The van der Waals surface area contributed by atoms with Crippen molar-refractivity contribution in [3.63, 3.8) is 0 Å². The van der Waals surface area contributed by atoms with Gasteiger partial charge in [0.1, 0.15) is 5.58 Å². The van der Waals surface area contributed by atoms with E-state index < -0.39 is 6.04 Å². The number of ether oxygens (including phenoxy) is 3. The minimum Gasteiger partial charge on any atom is -0.493 e. The summed E-state index contributed by atoms with van der Waals surface area (Å²) in [6.07, 6.45) is 0. The minimum absolute atomic E-state index is 0.0601. The van der Waals surface area contributed by atoms with E-state index in [4.69, 9.17) is 18.6 Å². The van der Waals surface area contributed by atoms with Crippen LogP contribution in [-0.4, -0.2) is 39.2 Å². The number of hydrogen-bond donors (Lipinski definition) is 0. The highest BCUT2D eigenvalue weighted by Gasteiger charge is 2.41. The number of carbonyl (C=O) groups excluding carboxylic acids is 1. The van der Waals surface area contributed by atoms with Crippen LogP contribution in [0.5, 0.6) is 17.2 Å². The number of benzene rings is 2. The summed E-state index contributed by atoms with van der Waals surface area (Å²) >= 11 is 0. The van der Waals surface area contributed by atoms with Gasteiger partial charge in [-0.2, -0.15) is 0 Å². The Morgan fingerprint density at radius 2 is 1.61 bits per heavy atom. The van der Waals surface area contributed by atoms with E-state index in [1.54, 1.807) is 43.4 Å². The number of rotatable bonds is 4. The fraction of sp³-hybridized carbons (Fsp3) is 0.238.